The second-order valence-electron chi connectivity index (χ2n) is 7.15. The molecule has 174 valence electrons. The standard InChI is InChI=1S/C25H23N3O5S/c1-2-31-20-10-8-17(9-11-20)25-26-18(16-34-25)14-23(29)27-28-24(30)22-13-12-21(33-22)15-32-19-6-4-3-5-7-19/h3-13,16H,2,14-15H2,1H3,(H,27,29)(H,28,30). The number of hydrogen-bond acceptors (Lipinski definition) is 7. The fraction of sp³-hybridized carbons (Fsp3) is 0.160. The van der Waals surface area contributed by atoms with Gasteiger partial charge < -0.3 is 13.9 Å². The molecule has 0 saturated heterocycles. The van der Waals surface area contributed by atoms with Crippen molar-refractivity contribution in [1.29, 1.82) is 0 Å². The van der Waals surface area contributed by atoms with Crippen LogP contribution >= 0.6 is 11.3 Å². The first kappa shape index (κ1) is 23.1. The van der Waals surface area contributed by atoms with E-state index in [1.165, 1.54) is 17.4 Å². The second-order valence-corrected chi connectivity index (χ2v) is 8.01. The van der Waals surface area contributed by atoms with Crippen molar-refractivity contribution < 1.29 is 23.5 Å². The third-order valence-corrected chi connectivity index (χ3v) is 5.57. The average molecular weight is 478 g/mol. The second kappa shape index (κ2) is 11.2. The summed E-state index contributed by atoms with van der Waals surface area (Å²) in [6.07, 6.45) is 0.0299. The predicted octanol–water partition coefficient (Wildman–Crippen LogP) is 4.38. The van der Waals surface area contributed by atoms with Crippen molar-refractivity contribution in [1.82, 2.24) is 15.8 Å². The first-order valence-electron chi connectivity index (χ1n) is 10.6. The number of carbonyl (C=O) groups is 2. The normalized spacial score (nSPS) is 10.5. The lowest BCUT2D eigenvalue weighted by atomic mass is 10.2. The van der Waals surface area contributed by atoms with Gasteiger partial charge in [-0.3, -0.25) is 20.4 Å². The van der Waals surface area contributed by atoms with Gasteiger partial charge in [0.1, 0.15) is 28.9 Å². The smallest absolute Gasteiger partial charge is 0.305 e. The van der Waals surface area contributed by atoms with E-state index in [1.807, 2.05) is 66.9 Å². The van der Waals surface area contributed by atoms with Gasteiger partial charge in [-0.15, -0.1) is 11.3 Å². The summed E-state index contributed by atoms with van der Waals surface area (Å²) in [5, 5.41) is 2.62. The lowest BCUT2D eigenvalue weighted by Crippen LogP contribution is -2.42. The number of benzene rings is 2. The number of rotatable bonds is 9. The van der Waals surface area contributed by atoms with Crippen LogP contribution in [0.15, 0.2) is 76.5 Å². The van der Waals surface area contributed by atoms with Gasteiger partial charge in [0, 0.05) is 10.9 Å². The van der Waals surface area contributed by atoms with Crippen molar-refractivity contribution in [3.05, 3.63) is 89.3 Å². The minimum absolute atomic E-state index is 0.0299. The molecule has 9 heteroatoms. The Kier molecular flexibility index (Phi) is 7.56. The molecule has 0 fully saturated rings. The van der Waals surface area contributed by atoms with Gasteiger partial charge in [0.05, 0.1) is 18.7 Å². The molecule has 0 radical (unpaired) electrons. The van der Waals surface area contributed by atoms with Crippen LogP contribution in [-0.4, -0.2) is 23.4 Å². The van der Waals surface area contributed by atoms with Gasteiger partial charge in [-0.05, 0) is 55.5 Å². The number of para-hydroxylation sites is 1. The van der Waals surface area contributed by atoms with Crippen molar-refractivity contribution in [2.75, 3.05) is 6.61 Å². The van der Waals surface area contributed by atoms with Crippen LogP contribution in [0.5, 0.6) is 11.5 Å². The van der Waals surface area contributed by atoms with Crippen LogP contribution in [0.2, 0.25) is 0 Å². The zero-order valence-corrected chi connectivity index (χ0v) is 19.3. The summed E-state index contributed by atoms with van der Waals surface area (Å²) >= 11 is 1.44. The number of hydrazine groups is 1. The lowest BCUT2D eigenvalue weighted by molar-refractivity contribution is -0.121. The fourth-order valence-corrected chi connectivity index (χ4v) is 3.85. The molecule has 0 saturated carbocycles. The minimum atomic E-state index is -0.562. The summed E-state index contributed by atoms with van der Waals surface area (Å²) in [4.78, 5) is 29.0. The maximum absolute atomic E-state index is 12.3. The van der Waals surface area contributed by atoms with E-state index in [2.05, 4.69) is 15.8 Å². The summed E-state index contributed by atoms with van der Waals surface area (Å²) in [6, 6.07) is 20.1. The summed E-state index contributed by atoms with van der Waals surface area (Å²) in [5.41, 5.74) is 6.29. The summed E-state index contributed by atoms with van der Waals surface area (Å²) in [7, 11) is 0. The molecule has 34 heavy (non-hydrogen) atoms. The van der Waals surface area contributed by atoms with Gasteiger partial charge in [0.15, 0.2) is 5.76 Å². The molecule has 2 heterocycles. The zero-order chi connectivity index (χ0) is 23.8. The fourth-order valence-electron chi connectivity index (χ4n) is 3.03. The highest BCUT2D eigenvalue weighted by Crippen LogP contribution is 2.26. The molecule has 0 bridgehead atoms. The van der Waals surface area contributed by atoms with Gasteiger partial charge in [0.2, 0.25) is 5.91 Å². The third kappa shape index (κ3) is 6.23. The molecule has 2 aromatic heterocycles. The molecule has 4 rings (SSSR count). The van der Waals surface area contributed by atoms with E-state index < -0.39 is 11.8 Å². The summed E-state index contributed by atoms with van der Waals surface area (Å²) < 4.78 is 16.5. The van der Waals surface area contributed by atoms with Gasteiger partial charge in [-0.25, -0.2) is 4.98 Å². The van der Waals surface area contributed by atoms with E-state index in [1.54, 1.807) is 6.07 Å². The van der Waals surface area contributed by atoms with Crippen LogP contribution in [0, 0.1) is 0 Å². The first-order chi connectivity index (χ1) is 16.6. The molecule has 0 unspecified atom stereocenters. The Morgan fingerprint density at radius 3 is 2.47 bits per heavy atom. The number of thiazole rings is 1. The van der Waals surface area contributed by atoms with E-state index in [4.69, 9.17) is 13.9 Å². The Morgan fingerprint density at radius 1 is 0.941 bits per heavy atom. The lowest BCUT2D eigenvalue weighted by Gasteiger charge is -2.05. The van der Waals surface area contributed by atoms with Crippen molar-refractivity contribution >= 4 is 23.2 Å². The van der Waals surface area contributed by atoms with Crippen LogP contribution in [0.25, 0.3) is 10.6 Å². The highest BCUT2D eigenvalue weighted by molar-refractivity contribution is 7.13. The third-order valence-electron chi connectivity index (χ3n) is 4.63. The number of ether oxygens (including phenoxy) is 2. The van der Waals surface area contributed by atoms with E-state index in [9.17, 15) is 9.59 Å². The number of aromatic nitrogens is 1. The van der Waals surface area contributed by atoms with Gasteiger partial charge in [0.25, 0.3) is 0 Å². The number of nitrogens with one attached hydrogen (secondary N) is 2. The van der Waals surface area contributed by atoms with Crippen LogP contribution in [0.4, 0.5) is 0 Å². The molecule has 8 nitrogen and oxygen atoms in total. The molecule has 4 aromatic rings. The van der Waals surface area contributed by atoms with Crippen molar-refractivity contribution in [3.8, 4) is 22.1 Å². The predicted molar refractivity (Wildman–Crippen MR) is 128 cm³/mol. The number of amides is 2. The molecule has 0 aliphatic carbocycles. The highest BCUT2D eigenvalue weighted by Gasteiger charge is 2.14. The molecule has 2 N–H and O–H groups in total. The molecule has 0 aliphatic heterocycles. The first-order valence-corrected chi connectivity index (χ1v) is 11.5. The van der Waals surface area contributed by atoms with E-state index in [0.29, 0.717) is 23.8 Å². The molecular weight excluding hydrogens is 454 g/mol. The maximum atomic E-state index is 12.3. The van der Waals surface area contributed by atoms with Gasteiger partial charge in [-0.1, -0.05) is 18.2 Å². The number of furan rings is 1. The summed E-state index contributed by atoms with van der Waals surface area (Å²) in [6.45, 7) is 2.73. The molecule has 0 atom stereocenters. The van der Waals surface area contributed by atoms with Crippen LogP contribution in [0.1, 0.15) is 28.9 Å². The molecule has 2 aromatic carbocycles. The Bertz CT molecular complexity index is 1230. The Balaban J connectivity index is 1.24. The van der Waals surface area contributed by atoms with Crippen LogP contribution < -0.4 is 20.3 Å². The minimum Gasteiger partial charge on any atom is -0.494 e. The van der Waals surface area contributed by atoms with E-state index in [-0.39, 0.29) is 18.8 Å². The average Bonchev–Trinajstić information content (AvgIpc) is 3.53. The van der Waals surface area contributed by atoms with Crippen LogP contribution in [0.3, 0.4) is 0 Å². The maximum Gasteiger partial charge on any atom is 0.305 e. The van der Waals surface area contributed by atoms with Gasteiger partial charge >= 0.3 is 5.91 Å². The molecular formula is C25H23N3O5S. The Labute approximate surface area is 200 Å². The Hall–Kier alpha value is -4.11. The monoisotopic (exact) mass is 477 g/mol. The number of nitrogens with zero attached hydrogens (tertiary/aromatic N) is 1. The summed E-state index contributed by atoms with van der Waals surface area (Å²) in [5.74, 6) is 1.10. The quantitative estimate of drug-likeness (QED) is 0.347. The number of carbonyl (C=O) groups excluding carboxylic acids is 2. The largest absolute Gasteiger partial charge is 0.494 e. The Morgan fingerprint density at radius 2 is 1.71 bits per heavy atom. The van der Waals surface area contributed by atoms with Gasteiger partial charge in [-0.2, -0.15) is 0 Å². The van der Waals surface area contributed by atoms with Crippen LogP contribution in [-0.2, 0) is 17.8 Å². The zero-order valence-electron chi connectivity index (χ0n) is 18.4. The molecule has 0 spiro atoms. The molecule has 2 amide bonds. The highest BCUT2D eigenvalue weighted by atomic mass is 32.1. The SMILES string of the molecule is CCOc1ccc(-c2nc(CC(=O)NNC(=O)c3ccc(COc4ccccc4)o3)cs2)cc1. The van der Waals surface area contributed by atoms with Crippen molar-refractivity contribution in [2.45, 2.75) is 20.0 Å². The van der Waals surface area contributed by atoms with Crippen molar-refractivity contribution in [3.63, 3.8) is 0 Å². The van der Waals surface area contributed by atoms with E-state index >= 15 is 0 Å². The van der Waals surface area contributed by atoms with E-state index in [0.717, 1.165) is 16.3 Å². The van der Waals surface area contributed by atoms with Crippen molar-refractivity contribution in [2.24, 2.45) is 0 Å². The topological polar surface area (TPSA) is 103 Å². The number of hydrogen-bond donors (Lipinski definition) is 2. The molecule has 0 aliphatic rings.